The highest BCUT2D eigenvalue weighted by atomic mass is 19.4. The lowest BCUT2D eigenvalue weighted by Crippen LogP contribution is -2.46. The largest absolute Gasteiger partial charge is 0.423 e. The van der Waals surface area contributed by atoms with Crippen LogP contribution in [0, 0.1) is 0 Å². The number of aliphatic hydroxyl groups is 1. The molecule has 0 heterocycles. The van der Waals surface area contributed by atoms with Crippen LogP contribution in [-0.2, 0) is 4.74 Å². The highest BCUT2D eigenvalue weighted by Crippen LogP contribution is 2.38. The Balaban J connectivity index is 2.65. The fourth-order valence-electron chi connectivity index (χ4n) is 1.57. The molecule has 1 saturated carbocycles. The van der Waals surface area contributed by atoms with E-state index in [9.17, 15) is 26.3 Å². The SMILES string of the molecule is OC1CCC(OC(C(F)(F)F)C(F)(F)F)C1. The third-order valence-electron chi connectivity index (χ3n) is 2.28. The summed E-state index contributed by atoms with van der Waals surface area (Å²) in [5.41, 5.74) is 0. The van der Waals surface area contributed by atoms with Gasteiger partial charge in [-0.2, -0.15) is 26.3 Å². The molecule has 0 aromatic rings. The standard InChI is InChI=1S/C8H10F6O2/c9-7(10,11)6(8(12,13)14)16-5-2-1-4(15)3-5/h4-6,15H,1-3H2. The van der Waals surface area contributed by atoms with Crippen LogP contribution in [0.1, 0.15) is 19.3 Å². The van der Waals surface area contributed by atoms with Crippen molar-refractivity contribution in [2.45, 2.75) is 49.9 Å². The average Bonchev–Trinajstić information content (AvgIpc) is 2.43. The molecular formula is C8H10F6O2. The van der Waals surface area contributed by atoms with Gasteiger partial charge in [-0.1, -0.05) is 0 Å². The second-order valence-corrected chi connectivity index (χ2v) is 3.69. The lowest BCUT2D eigenvalue weighted by Gasteiger charge is -2.26. The Morgan fingerprint density at radius 3 is 1.81 bits per heavy atom. The molecule has 96 valence electrons. The second kappa shape index (κ2) is 4.40. The van der Waals surface area contributed by atoms with Crippen LogP contribution < -0.4 is 0 Å². The van der Waals surface area contributed by atoms with Gasteiger partial charge in [-0.05, 0) is 19.3 Å². The molecule has 0 radical (unpaired) electrons. The van der Waals surface area contributed by atoms with Crippen molar-refractivity contribution in [3.63, 3.8) is 0 Å². The summed E-state index contributed by atoms with van der Waals surface area (Å²) in [5, 5.41) is 8.98. The van der Waals surface area contributed by atoms with Crippen LogP contribution in [0.3, 0.4) is 0 Å². The summed E-state index contributed by atoms with van der Waals surface area (Å²) < 4.78 is 76.4. The third-order valence-corrected chi connectivity index (χ3v) is 2.28. The minimum Gasteiger partial charge on any atom is -0.393 e. The Bertz CT molecular complexity index is 222. The van der Waals surface area contributed by atoms with E-state index >= 15 is 0 Å². The van der Waals surface area contributed by atoms with Gasteiger partial charge >= 0.3 is 12.4 Å². The van der Waals surface area contributed by atoms with Gasteiger partial charge in [0, 0.05) is 0 Å². The summed E-state index contributed by atoms with van der Waals surface area (Å²) >= 11 is 0. The van der Waals surface area contributed by atoms with E-state index in [-0.39, 0.29) is 19.3 Å². The van der Waals surface area contributed by atoms with Gasteiger partial charge in [-0.25, -0.2) is 0 Å². The maximum absolute atomic E-state index is 12.1. The van der Waals surface area contributed by atoms with E-state index < -0.39 is 30.7 Å². The summed E-state index contributed by atoms with van der Waals surface area (Å²) in [5.74, 6) is 0. The fraction of sp³-hybridized carbons (Fsp3) is 1.00. The number of alkyl halides is 6. The van der Waals surface area contributed by atoms with Crippen molar-refractivity contribution in [3.8, 4) is 0 Å². The summed E-state index contributed by atoms with van der Waals surface area (Å²) in [4.78, 5) is 0. The molecule has 2 nitrogen and oxygen atoms in total. The highest BCUT2D eigenvalue weighted by molar-refractivity contribution is 4.82. The first-order chi connectivity index (χ1) is 7.10. The van der Waals surface area contributed by atoms with Crippen molar-refractivity contribution in [1.29, 1.82) is 0 Å². The molecule has 0 aromatic heterocycles. The maximum atomic E-state index is 12.1. The summed E-state index contributed by atoms with van der Waals surface area (Å²) in [6, 6.07) is 0. The zero-order valence-electron chi connectivity index (χ0n) is 7.98. The van der Waals surface area contributed by atoms with E-state index in [1.54, 1.807) is 0 Å². The normalized spacial score (nSPS) is 27.8. The molecule has 0 saturated heterocycles. The Hall–Kier alpha value is -0.500. The van der Waals surface area contributed by atoms with E-state index in [1.807, 2.05) is 0 Å². The van der Waals surface area contributed by atoms with Crippen LogP contribution in [0.25, 0.3) is 0 Å². The molecule has 1 aliphatic carbocycles. The molecule has 0 aromatic carbocycles. The van der Waals surface area contributed by atoms with Gasteiger partial charge in [0.1, 0.15) is 0 Å². The zero-order chi connectivity index (χ0) is 12.6. The fourth-order valence-corrected chi connectivity index (χ4v) is 1.57. The molecule has 8 heteroatoms. The Morgan fingerprint density at radius 2 is 1.50 bits per heavy atom. The predicted molar refractivity (Wildman–Crippen MR) is 40.6 cm³/mol. The van der Waals surface area contributed by atoms with Crippen molar-refractivity contribution in [1.82, 2.24) is 0 Å². The van der Waals surface area contributed by atoms with Crippen molar-refractivity contribution in [2.24, 2.45) is 0 Å². The first-order valence-corrected chi connectivity index (χ1v) is 4.57. The van der Waals surface area contributed by atoms with Crippen molar-refractivity contribution in [2.75, 3.05) is 0 Å². The Kier molecular flexibility index (Phi) is 3.73. The predicted octanol–water partition coefficient (Wildman–Crippen LogP) is 2.41. The van der Waals surface area contributed by atoms with Gasteiger partial charge in [-0.15, -0.1) is 0 Å². The molecule has 0 aliphatic heterocycles. The lowest BCUT2D eigenvalue weighted by molar-refractivity contribution is -0.330. The van der Waals surface area contributed by atoms with Gasteiger partial charge in [0.25, 0.3) is 0 Å². The Morgan fingerprint density at radius 1 is 1.00 bits per heavy atom. The minimum atomic E-state index is -5.48. The van der Waals surface area contributed by atoms with Crippen LogP contribution >= 0.6 is 0 Å². The van der Waals surface area contributed by atoms with Crippen LogP contribution in [-0.4, -0.2) is 35.8 Å². The number of hydrogen-bond donors (Lipinski definition) is 1. The molecule has 1 aliphatic rings. The summed E-state index contributed by atoms with van der Waals surface area (Å²) in [6.07, 6.45) is -16.8. The zero-order valence-corrected chi connectivity index (χ0v) is 7.98. The monoisotopic (exact) mass is 252 g/mol. The van der Waals surface area contributed by atoms with E-state index in [0.29, 0.717) is 0 Å². The topological polar surface area (TPSA) is 29.5 Å². The van der Waals surface area contributed by atoms with Crippen LogP contribution in [0.4, 0.5) is 26.3 Å². The smallest absolute Gasteiger partial charge is 0.393 e. The number of halogens is 6. The van der Waals surface area contributed by atoms with E-state index in [4.69, 9.17) is 5.11 Å². The van der Waals surface area contributed by atoms with Crippen molar-refractivity contribution < 1.29 is 36.2 Å². The second-order valence-electron chi connectivity index (χ2n) is 3.69. The molecular weight excluding hydrogens is 242 g/mol. The minimum absolute atomic E-state index is 0.00380. The first-order valence-electron chi connectivity index (χ1n) is 4.57. The summed E-state index contributed by atoms with van der Waals surface area (Å²) in [6.45, 7) is 0. The van der Waals surface area contributed by atoms with E-state index in [0.717, 1.165) is 0 Å². The van der Waals surface area contributed by atoms with Gasteiger partial charge < -0.3 is 9.84 Å². The van der Waals surface area contributed by atoms with Gasteiger partial charge in [0.2, 0.25) is 6.10 Å². The molecule has 1 fully saturated rings. The van der Waals surface area contributed by atoms with Crippen molar-refractivity contribution >= 4 is 0 Å². The Labute approximate surface area is 87.2 Å². The van der Waals surface area contributed by atoms with Crippen LogP contribution in [0.5, 0.6) is 0 Å². The van der Waals surface area contributed by atoms with Gasteiger partial charge in [0.05, 0.1) is 12.2 Å². The maximum Gasteiger partial charge on any atom is 0.423 e. The lowest BCUT2D eigenvalue weighted by atomic mass is 10.2. The quantitative estimate of drug-likeness (QED) is 0.765. The average molecular weight is 252 g/mol. The number of aliphatic hydroxyl groups excluding tert-OH is 1. The number of hydrogen-bond acceptors (Lipinski definition) is 2. The molecule has 0 amide bonds. The molecule has 0 spiro atoms. The van der Waals surface area contributed by atoms with Gasteiger partial charge in [0.15, 0.2) is 0 Å². The summed E-state index contributed by atoms with van der Waals surface area (Å²) in [7, 11) is 0. The molecule has 0 bridgehead atoms. The third kappa shape index (κ3) is 3.51. The number of ether oxygens (including phenoxy) is 1. The molecule has 16 heavy (non-hydrogen) atoms. The van der Waals surface area contributed by atoms with Crippen LogP contribution in [0.2, 0.25) is 0 Å². The molecule has 1 rings (SSSR count). The molecule has 2 atom stereocenters. The highest BCUT2D eigenvalue weighted by Gasteiger charge is 2.58. The number of rotatable bonds is 2. The van der Waals surface area contributed by atoms with Crippen molar-refractivity contribution in [3.05, 3.63) is 0 Å². The van der Waals surface area contributed by atoms with E-state index in [1.165, 1.54) is 0 Å². The molecule has 1 N–H and O–H groups in total. The van der Waals surface area contributed by atoms with E-state index in [2.05, 4.69) is 4.74 Å². The van der Waals surface area contributed by atoms with Gasteiger partial charge in [-0.3, -0.25) is 0 Å². The first kappa shape index (κ1) is 13.6. The molecule has 2 unspecified atom stereocenters. The van der Waals surface area contributed by atoms with Crippen LogP contribution in [0.15, 0.2) is 0 Å².